The zero-order valence-electron chi connectivity index (χ0n) is 25.5. The predicted octanol–water partition coefficient (Wildman–Crippen LogP) is 5.12. The average molecular weight is 571 g/mol. The SMILES string of the molecule is CC(C)(C)C1CCC2CNSC3CCCC(N3)NC(c3ccc(C4COC4)cn3)CC[C@@H]3CN(C2N1)C(C)(C)C3. The smallest absolute Gasteiger partial charge is 0.0690 e. The van der Waals surface area contributed by atoms with Gasteiger partial charge >= 0.3 is 0 Å². The van der Waals surface area contributed by atoms with Crippen molar-refractivity contribution in [1.29, 1.82) is 0 Å². The van der Waals surface area contributed by atoms with E-state index >= 15 is 0 Å². The van der Waals surface area contributed by atoms with Crippen molar-refractivity contribution >= 4 is 11.9 Å². The Labute approximate surface area is 247 Å². The van der Waals surface area contributed by atoms with Crippen LogP contribution < -0.4 is 20.7 Å². The number of nitrogens with zero attached hydrogens (tertiary/aromatic N) is 2. The number of piperidine rings is 2. The highest BCUT2D eigenvalue weighted by Gasteiger charge is 2.47. The van der Waals surface area contributed by atoms with Crippen molar-refractivity contribution in [2.75, 3.05) is 26.3 Å². The van der Waals surface area contributed by atoms with Crippen LogP contribution in [0.2, 0.25) is 0 Å². The summed E-state index contributed by atoms with van der Waals surface area (Å²) in [6.45, 7) is 16.1. The van der Waals surface area contributed by atoms with Gasteiger partial charge < -0.3 is 4.74 Å². The lowest BCUT2D eigenvalue weighted by Gasteiger charge is -2.50. The quantitative estimate of drug-likeness (QED) is 0.365. The van der Waals surface area contributed by atoms with E-state index < -0.39 is 0 Å². The summed E-state index contributed by atoms with van der Waals surface area (Å²) in [5.74, 6) is 1.86. The monoisotopic (exact) mass is 570 g/mol. The van der Waals surface area contributed by atoms with Gasteiger partial charge in [0.25, 0.3) is 0 Å². The summed E-state index contributed by atoms with van der Waals surface area (Å²) in [6, 6.07) is 5.41. The molecule has 0 aromatic carbocycles. The number of fused-ring (bicyclic) bond motifs is 6. The fourth-order valence-electron chi connectivity index (χ4n) is 7.94. The lowest BCUT2D eigenvalue weighted by molar-refractivity contribution is 0.00552. The molecule has 0 aliphatic carbocycles. The van der Waals surface area contributed by atoms with E-state index in [2.05, 4.69) is 78.5 Å². The second kappa shape index (κ2) is 12.1. The number of rotatable bonds is 2. The Morgan fingerprint density at radius 3 is 2.58 bits per heavy atom. The maximum atomic E-state index is 5.42. The number of pyridine rings is 1. The normalized spacial score (nSPS) is 39.4. The third-order valence-electron chi connectivity index (χ3n) is 10.5. The topological polar surface area (TPSA) is 73.5 Å². The van der Waals surface area contributed by atoms with E-state index in [1.54, 1.807) is 0 Å². The molecule has 7 unspecified atom stereocenters. The number of nitrogens with one attached hydrogen (secondary N) is 4. The van der Waals surface area contributed by atoms with E-state index in [1.807, 2.05) is 11.9 Å². The first-order chi connectivity index (χ1) is 19.2. The van der Waals surface area contributed by atoms with Crippen LogP contribution in [0.25, 0.3) is 0 Å². The van der Waals surface area contributed by atoms with Crippen LogP contribution in [-0.4, -0.2) is 65.5 Å². The highest BCUT2D eigenvalue weighted by atomic mass is 32.2. The summed E-state index contributed by atoms with van der Waals surface area (Å²) in [5.41, 5.74) is 3.00. The zero-order chi connectivity index (χ0) is 27.9. The molecule has 8 heteroatoms. The van der Waals surface area contributed by atoms with Crippen LogP contribution in [0.15, 0.2) is 18.3 Å². The van der Waals surface area contributed by atoms with E-state index in [0.29, 0.717) is 41.5 Å². The maximum absolute atomic E-state index is 5.42. The lowest BCUT2D eigenvalue weighted by Crippen LogP contribution is -2.63. The minimum atomic E-state index is 0.205. The Morgan fingerprint density at radius 2 is 1.85 bits per heavy atom. The van der Waals surface area contributed by atoms with Gasteiger partial charge in [0.2, 0.25) is 0 Å². The molecule has 0 spiro atoms. The van der Waals surface area contributed by atoms with Crippen LogP contribution in [0, 0.1) is 17.3 Å². The average Bonchev–Trinajstić information content (AvgIpc) is 3.19. The Kier molecular flexibility index (Phi) is 8.87. The summed E-state index contributed by atoms with van der Waals surface area (Å²) in [6.07, 6.45) is 12.7. The van der Waals surface area contributed by atoms with Gasteiger partial charge in [-0.2, -0.15) is 0 Å². The molecular weight excluding hydrogens is 516 g/mol. The molecule has 0 amide bonds. The molecule has 1 aromatic rings. The summed E-state index contributed by atoms with van der Waals surface area (Å²) in [7, 11) is 0. The van der Waals surface area contributed by atoms with Gasteiger partial charge in [-0.25, -0.2) is 0 Å². The van der Waals surface area contributed by atoms with Gasteiger partial charge in [0.15, 0.2) is 0 Å². The maximum Gasteiger partial charge on any atom is 0.0690 e. The van der Waals surface area contributed by atoms with Crippen molar-refractivity contribution in [3.8, 4) is 0 Å². The molecule has 4 bridgehead atoms. The van der Waals surface area contributed by atoms with E-state index in [0.717, 1.165) is 26.2 Å². The second-order valence-electron chi connectivity index (χ2n) is 15.1. The van der Waals surface area contributed by atoms with Crippen LogP contribution in [-0.2, 0) is 4.74 Å². The number of aromatic nitrogens is 1. The minimum absolute atomic E-state index is 0.205. The molecular formula is C32H54N6OS. The van der Waals surface area contributed by atoms with Crippen LogP contribution in [0.1, 0.15) is 109 Å². The standard InChI is InChI=1S/C32H54N6OS/c1-31(2,3)27-14-11-23-17-34-40-29-8-6-7-28(37-29)35-26(25-13-10-22(16-33-25)24-19-39-20-24)12-9-21-15-32(4,5)38(18-21)30(23)36-27/h10,13,16,21,23-24,26-30,34-37H,6-9,11-12,14-15,17-20H2,1-5H3/t21-,23?,26?,27?,28?,29?,30?/m0/s1. The van der Waals surface area contributed by atoms with Gasteiger partial charge in [-0.05, 0) is 88.2 Å². The van der Waals surface area contributed by atoms with E-state index in [4.69, 9.17) is 9.72 Å². The first-order valence-electron chi connectivity index (χ1n) is 16.1. The molecule has 6 heterocycles. The predicted molar refractivity (Wildman–Crippen MR) is 165 cm³/mol. The van der Waals surface area contributed by atoms with Gasteiger partial charge in [-0.3, -0.25) is 30.6 Å². The molecule has 7 nitrogen and oxygen atoms in total. The molecule has 6 rings (SSSR count). The largest absolute Gasteiger partial charge is 0.380 e. The Morgan fingerprint density at radius 1 is 1.00 bits per heavy atom. The molecule has 8 atom stereocenters. The molecule has 5 saturated heterocycles. The van der Waals surface area contributed by atoms with E-state index in [9.17, 15) is 0 Å². The fraction of sp³-hybridized carbons (Fsp3) is 0.844. The van der Waals surface area contributed by atoms with Crippen molar-refractivity contribution in [3.63, 3.8) is 0 Å². The summed E-state index contributed by atoms with van der Waals surface area (Å²) in [4.78, 5) is 7.88. The lowest BCUT2D eigenvalue weighted by atomic mass is 9.78. The zero-order valence-corrected chi connectivity index (χ0v) is 26.4. The molecule has 5 fully saturated rings. The van der Waals surface area contributed by atoms with Crippen LogP contribution in [0.5, 0.6) is 0 Å². The van der Waals surface area contributed by atoms with Crippen LogP contribution in [0.4, 0.5) is 0 Å². The van der Waals surface area contributed by atoms with Crippen molar-refractivity contribution < 1.29 is 4.74 Å². The number of hydrogen-bond acceptors (Lipinski definition) is 8. The van der Waals surface area contributed by atoms with Crippen molar-refractivity contribution in [2.24, 2.45) is 17.3 Å². The first kappa shape index (κ1) is 29.3. The van der Waals surface area contributed by atoms with Gasteiger partial charge in [-0.1, -0.05) is 38.8 Å². The molecule has 40 heavy (non-hydrogen) atoms. The van der Waals surface area contributed by atoms with Crippen molar-refractivity contribution in [3.05, 3.63) is 29.6 Å². The Hall–Kier alpha value is -0.740. The number of ether oxygens (including phenoxy) is 1. The summed E-state index contributed by atoms with van der Waals surface area (Å²) < 4.78 is 9.28. The fourth-order valence-corrected chi connectivity index (χ4v) is 8.96. The minimum Gasteiger partial charge on any atom is -0.380 e. The molecule has 0 saturated carbocycles. The van der Waals surface area contributed by atoms with Crippen LogP contribution >= 0.6 is 11.9 Å². The van der Waals surface area contributed by atoms with Crippen molar-refractivity contribution in [2.45, 2.75) is 127 Å². The van der Waals surface area contributed by atoms with Gasteiger partial charge in [0, 0.05) is 42.7 Å². The van der Waals surface area contributed by atoms with Gasteiger partial charge in [0.05, 0.1) is 42.7 Å². The third kappa shape index (κ3) is 6.58. The third-order valence-corrected chi connectivity index (χ3v) is 11.5. The van der Waals surface area contributed by atoms with E-state index in [1.165, 1.54) is 62.7 Å². The molecule has 1 aromatic heterocycles. The van der Waals surface area contributed by atoms with Gasteiger partial charge in [0.1, 0.15) is 0 Å². The highest BCUT2D eigenvalue weighted by molar-refractivity contribution is 7.98. The van der Waals surface area contributed by atoms with Crippen molar-refractivity contribution in [1.82, 2.24) is 30.6 Å². The molecule has 4 N–H and O–H groups in total. The highest BCUT2D eigenvalue weighted by Crippen LogP contribution is 2.42. The van der Waals surface area contributed by atoms with E-state index in [-0.39, 0.29) is 17.0 Å². The Bertz CT molecular complexity index is 979. The Balaban J connectivity index is 1.23. The summed E-state index contributed by atoms with van der Waals surface area (Å²) >= 11 is 1.93. The van der Waals surface area contributed by atoms with Gasteiger partial charge in [-0.15, -0.1) is 0 Å². The first-order valence-corrected chi connectivity index (χ1v) is 17.0. The molecule has 224 valence electrons. The molecule has 5 aliphatic heterocycles. The second-order valence-corrected chi connectivity index (χ2v) is 16.1. The summed E-state index contributed by atoms with van der Waals surface area (Å²) in [5, 5.41) is 12.6. The number of hydrogen-bond donors (Lipinski definition) is 4. The molecule has 0 radical (unpaired) electrons. The van der Waals surface area contributed by atoms with Crippen LogP contribution in [0.3, 0.4) is 0 Å². The molecule has 5 aliphatic rings.